The second kappa shape index (κ2) is 9.97. The van der Waals surface area contributed by atoms with Crippen molar-refractivity contribution < 1.29 is 13.2 Å². The van der Waals surface area contributed by atoms with Crippen LogP contribution in [-0.4, -0.2) is 70.8 Å². The molecule has 2 aromatic rings. The second-order valence-corrected chi connectivity index (χ2v) is 7.41. The molecule has 2 heterocycles. The maximum Gasteiger partial charge on any atom is 0.403 e. The first-order chi connectivity index (χ1) is 14.4. The Morgan fingerprint density at radius 3 is 2.50 bits per heavy atom. The first-order valence-corrected chi connectivity index (χ1v) is 10.2. The number of nitrogens with one attached hydrogen (secondary N) is 1. The number of hydrogen-bond acceptors (Lipinski definition) is 3. The minimum absolute atomic E-state index is 0.354. The number of guanidine groups is 1. The molecule has 1 aliphatic rings. The van der Waals surface area contributed by atoms with Crippen LogP contribution < -0.4 is 5.32 Å². The summed E-state index contributed by atoms with van der Waals surface area (Å²) in [5.74, 6) is 1.59. The first kappa shape index (κ1) is 22.1. The normalized spacial score (nSPS) is 17.2. The average Bonchev–Trinajstić information content (AvgIpc) is 3.20. The lowest BCUT2D eigenvalue weighted by atomic mass is 10.1. The molecule has 1 atom stereocenters. The van der Waals surface area contributed by atoms with Crippen LogP contribution >= 0.6 is 0 Å². The Labute approximate surface area is 175 Å². The maximum atomic E-state index is 12.9. The maximum absolute atomic E-state index is 12.9. The smallest absolute Gasteiger partial charge is 0.349 e. The lowest BCUT2D eigenvalue weighted by Crippen LogP contribution is -2.56. The highest BCUT2D eigenvalue weighted by Crippen LogP contribution is 2.25. The van der Waals surface area contributed by atoms with Gasteiger partial charge in [0.15, 0.2) is 5.96 Å². The van der Waals surface area contributed by atoms with Crippen LogP contribution in [0.25, 0.3) is 0 Å². The molecular formula is C21H29F3N6. The van der Waals surface area contributed by atoms with Crippen LogP contribution in [0.15, 0.2) is 47.7 Å². The molecule has 1 aliphatic heterocycles. The van der Waals surface area contributed by atoms with E-state index in [0.717, 1.165) is 18.8 Å². The van der Waals surface area contributed by atoms with E-state index in [1.165, 1.54) is 17.4 Å². The number of benzene rings is 1. The Morgan fingerprint density at radius 1 is 1.17 bits per heavy atom. The van der Waals surface area contributed by atoms with Crippen molar-refractivity contribution in [2.24, 2.45) is 4.99 Å². The van der Waals surface area contributed by atoms with E-state index in [1.54, 1.807) is 13.2 Å². The molecule has 1 aromatic carbocycles. The van der Waals surface area contributed by atoms with Crippen LogP contribution in [0.2, 0.25) is 0 Å². The van der Waals surface area contributed by atoms with Gasteiger partial charge >= 0.3 is 6.18 Å². The highest BCUT2D eigenvalue weighted by Gasteiger charge is 2.41. The van der Waals surface area contributed by atoms with Crippen LogP contribution in [0.5, 0.6) is 0 Å². The van der Waals surface area contributed by atoms with Gasteiger partial charge in [0.05, 0.1) is 6.54 Å². The molecule has 0 amide bonds. The number of aromatic nitrogens is 2. The highest BCUT2D eigenvalue weighted by molar-refractivity contribution is 5.79. The summed E-state index contributed by atoms with van der Waals surface area (Å²) in [7, 11) is 1.69. The molecule has 9 heteroatoms. The van der Waals surface area contributed by atoms with Gasteiger partial charge in [0.2, 0.25) is 0 Å². The van der Waals surface area contributed by atoms with Crippen molar-refractivity contribution in [1.29, 1.82) is 0 Å². The van der Waals surface area contributed by atoms with Gasteiger partial charge in [-0.3, -0.25) is 9.89 Å². The Balaban J connectivity index is 1.50. The number of hydrogen-bond donors (Lipinski definition) is 1. The summed E-state index contributed by atoms with van der Waals surface area (Å²) in [6.07, 6.45) is 0.458. The SMILES string of the molecule is CN=C(NCc1nccn1CCc1ccccc1)N1CCN(C(C)C(F)(F)F)CC1. The van der Waals surface area contributed by atoms with Gasteiger partial charge in [0, 0.05) is 52.2 Å². The standard InChI is InChI=1S/C21H29F3N6/c1-17(21(22,23)24)28-12-14-30(15-13-28)20(25-2)27-16-19-26-9-11-29(19)10-8-18-6-4-3-5-7-18/h3-7,9,11,17H,8,10,12-16H2,1-2H3,(H,25,27). The molecule has 1 N–H and O–H groups in total. The molecule has 1 fully saturated rings. The van der Waals surface area contributed by atoms with Crippen molar-refractivity contribution in [2.75, 3.05) is 33.2 Å². The van der Waals surface area contributed by atoms with Gasteiger partial charge in [-0.25, -0.2) is 4.98 Å². The zero-order chi connectivity index (χ0) is 21.6. The topological polar surface area (TPSA) is 48.7 Å². The largest absolute Gasteiger partial charge is 0.403 e. The number of nitrogens with zero attached hydrogens (tertiary/aromatic N) is 5. The molecule has 0 saturated carbocycles. The number of imidazole rings is 1. The summed E-state index contributed by atoms with van der Waals surface area (Å²) in [6, 6.07) is 8.86. The number of piperazine rings is 1. The van der Waals surface area contributed by atoms with E-state index < -0.39 is 12.2 Å². The van der Waals surface area contributed by atoms with E-state index in [-0.39, 0.29) is 0 Å². The van der Waals surface area contributed by atoms with E-state index in [9.17, 15) is 13.2 Å². The van der Waals surface area contributed by atoms with Gasteiger partial charge in [-0.2, -0.15) is 13.2 Å². The molecule has 30 heavy (non-hydrogen) atoms. The van der Waals surface area contributed by atoms with Crippen molar-refractivity contribution in [3.05, 3.63) is 54.1 Å². The lowest BCUT2D eigenvalue weighted by Gasteiger charge is -2.39. The Bertz CT molecular complexity index is 810. The quantitative estimate of drug-likeness (QED) is 0.575. The molecule has 164 valence electrons. The fraction of sp³-hybridized carbons (Fsp3) is 0.524. The van der Waals surface area contributed by atoms with Crippen molar-refractivity contribution in [2.45, 2.75) is 38.7 Å². The summed E-state index contributed by atoms with van der Waals surface area (Å²) >= 11 is 0. The van der Waals surface area contributed by atoms with Crippen molar-refractivity contribution in [3.63, 3.8) is 0 Å². The van der Waals surface area contributed by atoms with Crippen molar-refractivity contribution >= 4 is 5.96 Å². The number of rotatable bonds is 6. The molecular weight excluding hydrogens is 393 g/mol. The summed E-state index contributed by atoms with van der Waals surface area (Å²) in [5.41, 5.74) is 1.27. The Morgan fingerprint density at radius 2 is 1.87 bits per heavy atom. The molecule has 1 aromatic heterocycles. The molecule has 1 saturated heterocycles. The van der Waals surface area contributed by atoms with Crippen LogP contribution in [0, 0.1) is 0 Å². The van der Waals surface area contributed by atoms with Crippen LogP contribution in [0.1, 0.15) is 18.3 Å². The van der Waals surface area contributed by atoms with E-state index in [2.05, 4.69) is 32.0 Å². The van der Waals surface area contributed by atoms with Crippen molar-refractivity contribution in [3.8, 4) is 0 Å². The molecule has 0 aliphatic carbocycles. The third-order valence-corrected chi connectivity index (χ3v) is 5.54. The van der Waals surface area contributed by atoms with Gasteiger partial charge < -0.3 is 14.8 Å². The van der Waals surface area contributed by atoms with Gasteiger partial charge in [-0.05, 0) is 18.9 Å². The van der Waals surface area contributed by atoms with Gasteiger partial charge in [0.25, 0.3) is 0 Å². The van der Waals surface area contributed by atoms with E-state index >= 15 is 0 Å². The number of aliphatic imine (C=N–C) groups is 1. The third-order valence-electron chi connectivity index (χ3n) is 5.54. The number of alkyl halides is 3. The summed E-state index contributed by atoms with van der Waals surface area (Å²) in [6.45, 7) is 4.27. The van der Waals surface area contributed by atoms with Crippen molar-refractivity contribution in [1.82, 2.24) is 24.7 Å². The predicted molar refractivity (Wildman–Crippen MR) is 111 cm³/mol. The van der Waals surface area contributed by atoms with Crippen LogP contribution in [0.3, 0.4) is 0 Å². The number of aryl methyl sites for hydroxylation is 2. The average molecular weight is 422 g/mol. The zero-order valence-corrected chi connectivity index (χ0v) is 17.4. The van der Waals surface area contributed by atoms with Crippen LogP contribution in [-0.2, 0) is 19.5 Å². The molecule has 0 bridgehead atoms. The minimum atomic E-state index is -4.20. The van der Waals surface area contributed by atoms with E-state index in [0.29, 0.717) is 38.7 Å². The lowest BCUT2D eigenvalue weighted by molar-refractivity contribution is -0.181. The van der Waals surface area contributed by atoms with Gasteiger partial charge in [0.1, 0.15) is 11.9 Å². The van der Waals surface area contributed by atoms with Gasteiger partial charge in [-0.15, -0.1) is 0 Å². The van der Waals surface area contributed by atoms with Crippen LogP contribution in [0.4, 0.5) is 13.2 Å². The molecule has 1 unspecified atom stereocenters. The highest BCUT2D eigenvalue weighted by atomic mass is 19.4. The molecule has 3 rings (SSSR count). The Hall–Kier alpha value is -2.55. The molecule has 0 radical (unpaired) electrons. The van der Waals surface area contributed by atoms with E-state index in [4.69, 9.17) is 0 Å². The van der Waals surface area contributed by atoms with Gasteiger partial charge in [-0.1, -0.05) is 30.3 Å². The summed E-state index contributed by atoms with van der Waals surface area (Å²) in [4.78, 5) is 12.2. The zero-order valence-electron chi connectivity index (χ0n) is 17.4. The summed E-state index contributed by atoms with van der Waals surface area (Å²) in [5, 5.41) is 3.31. The number of halogens is 3. The first-order valence-electron chi connectivity index (χ1n) is 10.2. The minimum Gasteiger partial charge on any atom is -0.349 e. The third kappa shape index (κ3) is 5.75. The second-order valence-electron chi connectivity index (χ2n) is 7.41. The predicted octanol–water partition coefficient (Wildman–Crippen LogP) is 2.77. The summed E-state index contributed by atoms with van der Waals surface area (Å²) < 4.78 is 40.9. The molecule has 6 nitrogen and oxygen atoms in total. The molecule has 0 spiro atoms. The monoisotopic (exact) mass is 422 g/mol. The Kier molecular flexibility index (Phi) is 7.36. The fourth-order valence-corrected chi connectivity index (χ4v) is 3.62. The fourth-order valence-electron chi connectivity index (χ4n) is 3.62. The van der Waals surface area contributed by atoms with E-state index in [1.807, 2.05) is 29.3 Å².